The number of alkyl halides is 3. The van der Waals surface area contributed by atoms with Gasteiger partial charge in [-0.15, -0.1) is 11.3 Å². The molecule has 0 aliphatic rings. The Balaban J connectivity index is 2.36. The van der Waals surface area contributed by atoms with Crippen molar-refractivity contribution in [2.45, 2.75) is 11.1 Å². The van der Waals surface area contributed by atoms with Gasteiger partial charge >= 0.3 is 6.18 Å². The molecule has 0 unspecified atom stereocenters. The van der Waals surface area contributed by atoms with Crippen LogP contribution in [0.4, 0.5) is 18.3 Å². The summed E-state index contributed by atoms with van der Waals surface area (Å²) in [6, 6.07) is 1.50. The largest absolute Gasteiger partial charge is 0.433 e. The molecule has 5 nitrogen and oxygen atoms in total. The Bertz CT molecular complexity index is 682. The molecule has 0 aromatic carbocycles. The van der Waals surface area contributed by atoms with Crippen LogP contribution in [-0.2, 0) is 16.2 Å². The van der Waals surface area contributed by atoms with Gasteiger partial charge in [0.25, 0.3) is 10.0 Å². The van der Waals surface area contributed by atoms with E-state index in [2.05, 4.69) is 9.97 Å². The van der Waals surface area contributed by atoms with E-state index in [-0.39, 0.29) is 10.0 Å². The van der Waals surface area contributed by atoms with E-state index in [1.807, 2.05) is 0 Å². The first-order valence-electron chi connectivity index (χ1n) is 5.14. The molecular weight excluding hydrogens is 315 g/mol. The molecule has 0 aliphatic heterocycles. The Kier molecular flexibility index (Phi) is 3.69. The normalized spacial score (nSPS) is 12.4. The molecule has 0 saturated carbocycles. The third-order valence-electron chi connectivity index (χ3n) is 2.37. The lowest BCUT2D eigenvalue weighted by molar-refractivity contribution is -0.141. The lowest BCUT2D eigenvalue weighted by Gasteiger charge is -2.16. The second kappa shape index (κ2) is 5.02. The standard InChI is InChI=1S/C10H8F3N3O2S2/c1-16(9-14-4-5-19-9)20(17,18)7-2-3-8(15-6-7)10(11,12)13/h2-6H,1H3. The minimum Gasteiger partial charge on any atom is -0.250 e. The predicted molar refractivity (Wildman–Crippen MR) is 66.9 cm³/mol. The number of rotatable bonds is 3. The van der Waals surface area contributed by atoms with E-state index in [4.69, 9.17) is 0 Å². The van der Waals surface area contributed by atoms with Crippen LogP contribution in [0.3, 0.4) is 0 Å². The van der Waals surface area contributed by atoms with Crippen molar-refractivity contribution in [2.75, 3.05) is 11.4 Å². The molecule has 0 amide bonds. The van der Waals surface area contributed by atoms with Crippen LogP contribution in [0, 0.1) is 0 Å². The van der Waals surface area contributed by atoms with Crippen LogP contribution < -0.4 is 4.31 Å². The van der Waals surface area contributed by atoms with Gasteiger partial charge in [0.2, 0.25) is 0 Å². The summed E-state index contributed by atoms with van der Waals surface area (Å²) in [4.78, 5) is 6.63. The van der Waals surface area contributed by atoms with Gasteiger partial charge in [0.1, 0.15) is 10.6 Å². The van der Waals surface area contributed by atoms with E-state index in [1.54, 1.807) is 5.38 Å². The van der Waals surface area contributed by atoms with Gasteiger partial charge in [-0.25, -0.2) is 17.7 Å². The first kappa shape index (κ1) is 14.7. The summed E-state index contributed by atoms with van der Waals surface area (Å²) in [6.07, 6.45) is -2.50. The summed E-state index contributed by atoms with van der Waals surface area (Å²) >= 11 is 1.10. The summed E-state index contributed by atoms with van der Waals surface area (Å²) < 4.78 is 62.3. The molecule has 0 bridgehead atoms. The molecule has 2 heterocycles. The fraction of sp³-hybridized carbons (Fsp3) is 0.200. The first-order chi connectivity index (χ1) is 9.23. The van der Waals surface area contributed by atoms with Gasteiger partial charge in [0.15, 0.2) is 5.13 Å². The van der Waals surface area contributed by atoms with Crippen LogP contribution >= 0.6 is 11.3 Å². The fourth-order valence-corrected chi connectivity index (χ4v) is 3.26. The Hall–Kier alpha value is -1.68. The highest BCUT2D eigenvalue weighted by Crippen LogP contribution is 2.29. The van der Waals surface area contributed by atoms with Crippen molar-refractivity contribution in [3.8, 4) is 0 Å². The minimum absolute atomic E-state index is 0.213. The molecule has 10 heteroatoms. The van der Waals surface area contributed by atoms with Gasteiger partial charge in [0, 0.05) is 24.8 Å². The number of aromatic nitrogens is 2. The Morgan fingerprint density at radius 1 is 1.25 bits per heavy atom. The van der Waals surface area contributed by atoms with Gasteiger partial charge in [-0.3, -0.25) is 4.98 Å². The summed E-state index contributed by atoms with van der Waals surface area (Å²) in [5, 5.41) is 1.80. The number of pyridine rings is 1. The lowest BCUT2D eigenvalue weighted by Crippen LogP contribution is -2.26. The molecule has 0 saturated heterocycles. The van der Waals surface area contributed by atoms with E-state index < -0.39 is 21.9 Å². The number of nitrogens with zero attached hydrogens (tertiary/aromatic N) is 3. The maximum atomic E-state index is 12.4. The highest BCUT2D eigenvalue weighted by atomic mass is 32.2. The predicted octanol–water partition coefficient (Wildman–Crippen LogP) is 2.38. The number of hydrogen-bond acceptors (Lipinski definition) is 5. The number of halogens is 3. The van der Waals surface area contributed by atoms with Crippen molar-refractivity contribution in [3.63, 3.8) is 0 Å². The van der Waals surface area contributed by atoms with Gasteiger partial charge in [-0.1, -0.05) is 0 Å². The van der Waals surface area contributed by atoms with E-state index in [0.717, 1.165) is 21.7 Å². The highest BCUT2D eigenvalue weighted by Gasteiger charge is 2.33. The zero-order chi connectivity index (χ0) is 15.0. The third-order valence-corrected chi connectivity index (χ3v) is 5.07. The van der Waals surface area contributed by atoms with Gasteiger partial charge in [-0.2, -0.15) is 13.2 Å². The summed E-state index contributed by atoms with van der Waals surface area (Å²) in [6.45, 7) is 0. The van der Waals surface area contributed by atoms with Crippen molar-refractivity contribution in [3.05, 3.63) is 35.6 Å². The van der Waals surface area contributed by atoms with Crippen LogP contribution in [0.25, 0.3) is 0 Å². The monoisotopic (exact) mass is 323 g/mol. The number of sulfonamides is 1. The smallest absolute Gasteiger partial charge is 0.250 e. The van der Waals surface area contributed by atoms with E-state index >= 15 is 0 Å². The van der Waals surface area contributed by atoms with Crippen molar-refractivity contribution in [2.24, 2.45) is 0 Å². The average Bonchev–Trinajstić information content (AvgIpc) is 2.90. The molecule has 0 N–H and O–H groups in total. The molecule has 20 heavy (non-hydrogen) atoms. The summed E-state index contributed by atoms with van der Waals surface area (Å²) in [5.74, 6) is 0. The van der Waals surface area contributed by atoms with E-state index in [0.29, 0.717) is 12.3 Å². The first-order valence-corrected chi connectivity index (χ1v) is 7.46. The quantitative estimate of drug-likeness (QED) is 0.870. The number of anilines is 1. The molecule has 0 spiro atoms. The molecule has 0 aliphatic carbocycles. The van der Waals surface area contributed by atoms with Crippen LogP contribution in [0.2, 0.25) is 0 Å². The van der Waals surface area contributed by atoms with Crippen LogP contribution in [0.1, 0.15) is 5.69 Å². The van der Waals surface area contributed by atoms with Crippen LogP contribution in [0.5, 0.6) is 0 Å². The number of thiazole rings is 1. The van der Waals surface area contributed by atoms with Gasteiger partial charge in [-0.05, 0) is 12.1 Å². The topological polar surface area (TPSA) is 63.2 Å². The summed E-state index contributed by atoms with van der Waals surface area (Å²) in [7, 11) is -2.70. The minimum atomic E-state index is -4.61. The molecule has 2 rings (SSSR count). The van der Waals surface area contributed by atoms with E-state index in [1.165, 1.54) is 13.2 Å². The fourth-order valence-electron chi connectivity index (χ4n) is 1.33. The second-order valence-corrected chi connectivity index (χ2v) is 6.51. The second-order valence-electron chi connectivity index (χ2n) is 3.66. The Labute approximate surface area is 116 Å². The van der Waals surface area contributed by atoms with Gasteiger partial charge in [0.05, 0.1) is 0 Å². The van der Waals surface area contributed by atoms with E-state index in [9.17, 15) is 21.6 Å². The molecule has 108 valence electrons. The van der Waals surface area contributed by atoms with Gasteiger partial charge < -0.3 is 0 Å². The van der Waals surface area contributed by atoms with Crippen LogP contribution in [0.15, 0.2) is 34.8 Å². The van der Waals surface area contributed by atoms with Crippen molar-refractivity contribution in [1.82, 2.24) is 9.97 Å². The lowest BCUT2D eigenvalue weighted by atomic mass is 10.3. The number of hydrogen-bond donors (Lipinski definition) is 0. The average molecular weight is 323 g/mol. The zero-order valence-corrected chi connectivity index (χ0v) is 11.6. The maximum absolute atomic E-state index is 12.4. The van der Waals surface area contributed by atoms with Crippen molar-refractivity contribution < 1.29 is 21.6 Å². The molecule has 0 atom stereocenters. The Morgan fingerprint density at radius 3 is 2.40 bits per heavy atom. The SMILES string of the molecule is CN(c1nccs1)S(=O)(=O)c1ccc(C(F)(F)F)nc1. The molecule has 0 fully saturated rings. The van der Waals surface area contributed by atoms with Crippen molar-refractivity contribution >= 4 is 26.5 Å². The molecule has 2 aromatic rings. The molecule has 2 aromatic heterocycles. The van der Waals surface area contributed by atoms with Crippen LogP contribution in [-0.4, -0.2) is 25.4 Å². The Morgan fingerprint density at radius 2 is 1.95 bits per heavy atom. The summed E-state index contributed by atoms with van der Waals surface area (Å²) in [5.41, 5.74) is -1.15. The highest BCUT2D eigenvalue weighted by molar-refractivity contribution is 7.93. The zero-order valence-electron chi connectivity index (χ0n) is 10.00. The van der Waals surface area contributed by atoms with Crippen molar-refractivity contribution in [1.29, 1.82) is 0 Å². The molecular formula is C10H8F3N3O2S2. The third kappa shape index (κ3) is 2.75. The maximum Gasteiger partial charge on any atom is 0.433 e. The molecule has 0 radical (unpaired) electrons.